The average Bonchev–Trinajstić information content (AvgIpc) is 2.54. The number of nitrogens with zero attached hydrogens (tertiary/aromatic N) is 3. The van der Waals surface area contributed by atoms with Crippen molar-refractivity contribution in [2.75, 3.05) is 0 Å². The minimum Gasteiger partial charge on any atom is -0.473 e. The lowest BCUT2D eigenvalue weighted by atomic mass is 10.2. The van der Waals surface area contributed by atoms with E-state index in [0.29, 0.717) is 18.3 Å². The minimum atomic E-state index is 0.493. The highest BCUT2D eigenvalue weighted by Crippen LogP contribution is 2.18. The normalized spacial score (nSPS) is 10.3. The molecule has 0 saturated heterocycles. The standard InChI is InChI=1S/C17H15N3O/c1-13-11-16(21-12-14-5-3-2-4-6-14)20-17(19-13)15-7-9-18-10-8-15/h2-11H,12H2,1H3. The second-order valence-electron chi connectivity index (χ2n) is 4.68. The summed E-state index contributed by atoms with van der Waals surface area (Å²) >= 11 is 0. The second-order valence-corrected chi connectivity index (χ2v) is 4.68. The molecule has 0 aliphatic rings. The van der Waals surface area contributed by atoms with Gasteiger partial charge in [0.15, 0.2) is 5.82 Å². The van der Waals surface area contributed by atoms with Crippen LogP contribution in [0.3, 0.4) is 0 Å². The summed E-state index contributed by atoms with van der Waals surface area (Å²) in [4.78, 5) is 12.9. The van der Waals surface area contributed by atoms with Crippen LogP contribution in [0.5, 0.6) is 5.88 Å². The maximum atomic E-state index is 5.77. The molecule has 104 valence electrons. The Bertz CT molecular complexity index is 715. The summed E-state index contributed by atoms with van der Waals surface area (Å²) in [6.07, 6.45) is 3.46. The van der Waals surface area contributed by atoms with Crippen LogP contribution in [0.15, 0.2) is 60.9 Å². The van der Waals surface area contributed by atoms with Crippen LogP contribution >= 0.6 is 0 Å². The van der Waals surface area contributed by atoms with E-state index in [4.69, 9.17) is 4.74 Å². The SMILES string of the molecule is Cc1cc(OCc2ccccc2)nc(-c2ccncc2)n1. The van der Waals surface area contributed by atoms with Gasteiger partial charge in [0.1, 0.15) is 6.61 Å². The molecule has 21 heavy (non-hydrogen) atoms. The maximum absolute atomic E-state index is 5.77. The van der Waals surface area contributed by atoms with Crippen LogP contribution in [-0.2, 0) is 6.61 Å². The zero-order valence-electron chi connectivity index (χ0n) is 11.7. The van der Waals surface area contributed by atoms with Crippen molar-refractivity contribution < 1.29 is 4.74 Å². The molecule has 4 nitrogen and oxygen atoms in total. The van der Waals surface area contributed by atoms with E-state index in [1.54, 1.807) is 12.4 Å². The predicted octanol–water partition coefficient (Wildman–Crippen LogP) is 3.43. The Balaban J connectivity index is 1.82. The molecule has 0 N–H and O–H groups in total. The van der Waals surface area contributed by atoms with E-state index < -0.39 is 0 Å². The van der Waals surface area contributed by atoms with Crippen molar-refractivity contribution in [1.82, 2.24) is 15.0 Å². The smallest absolute Gasteiger partial charge is 0.217 e. The van der Waals surface area contributed by atoms with Gasteiger partial charge in [-0.15, -0.1) is 0 Å². The average molecular weight is 277 g/mol. The van der Waals surface area contributed by atoms with Gasteiger partial charge < -0.3 is 4.74 Å². The Morgan fingerprint density at radius 3 is 2.48 bits per heavy atom. The third kappa shape index (κ3) is 3.42. The lowest BCUT2D eigenvalue weighted by molar-refractivity contribution is 0.293. The van der Waals surface area contributed by atoms with Crippen LogP contribution in [0.1, 0.15) is 11.3 Å². The Kier molecular flexibility index (Phi) is 3.87. The zero-order chi connectivity index (χ0) is 14.5. The molecule has 0 unspecified atom stereocenters. The van der Waals surface area contributed by atoms with Gasteiger partial charge >= 0.3 is 0 Å². The monoisotopic (exact) mass is 277 g/mol. The summed E-state index contributed by atoms with van der Waals surface area (Å²) in [6.45, 7) is 2.43. The van der Waals surface area contributed by atoms with E-state index in [-0.39, 0.29) is 0 Å². The molecule has 3 rings (SSSR count). The molecule has 1 aromatic carbocycles. The molecule has 2 heterocycles. The van der Waals surface area contributed by atoms with Crippen molar-refractivity contribution in [2.45, 2.75) is 13.5 Å². The van der Waals surface area contributed by atoms with Crippen LogP contribution in [0.4, 0.5) is 0 Å². The van der Waals surface area contributed by atoms with Crippen LogP contribution in [0.2, 0.25) is 0 Å². The largest absolute Gasteiger partial charge is 0.473 e. The molecular weight excluding hydrogens is 262 g/mol. The number of hydrogen-bond donors (Lipinski definition) is 0. The summed E-state index contributed by atoms with van der Waals surface area (Å²) in [5.41, 5.74) is 2.91. The minimum absolute atomic E-state index is 0.493. The Hall–Kier alpha value is -2.75. The predicted molar refractivity (Wildman–Crippen MR) is 80.8 cm³/mol. The Morgan fingerprint density at radius 2 is 1.71 bits per heavy atom. The highest BCUT2D eigenvalue weighted by atomic mass is 16.5. The van der Waals surface area contributed by atoms with Crippen molar-refractivity contribution >= 4 is 0 Å². The second kappa shape index (κ2) is 6.13. The van der Waals surface area contributed by atoms with Gasteiger partial charge in [0, 0.05) is 29.7 Å². The first-order valence-electron chi connectivity index (χ1n) is 6.74. The number of pyridine rings is 1. The lowest BCUT2D eigenvalue weighted by Gasteiger charge is -2.08. The van der Waals surface area contributed by atoms with Gasteiger partial charge in [0.25, 0.3) is 0 Å². The van der Waals surface area contributed by atoms with E-state index in [1.165, 1.54) is 0 Å². The van der Waals surface area contributed by atoms with Gasteiger partial charge in [0.2, 0.25) is 5.88 Å². The molecule has 0 aliphatic carbocycles. The van der Waals surface area contributed by atoms with E-state index in [9.17, 15) is 0 Å². The molecule has 0 spiro atoms. The third-order valence-corrected chi connectivity index (χ3v) is 3.00. The first-order valence-corrected chi connectivity index (χ1v) is 6.74. The summed E-state index contributed by atoms with van der Waals surface area (Å²) in [6, 6.07) is 15.6. The highest BCUT2D eigenvalue weighted by molar-refractivity contribution is 5.54. The van der Waals surface area contributed by atoms with Crippen LogP contribution < -0.4 is 4.74 Å². The van der Waals surface area contributed by atoms with Crippen LogP contribution in [0, 0.1) is 6.92 Å². The van der Waals surface area contributed by atoms with Crippen molar-refractivity contribution in [3.05, 3.63) is 72.2 Å². The van der Waals surface area contributed by atoms with Crippen molar-refractivity contribution in [3.63, 3.8) is 0 Å². The number of hydrogen-bond acceptors (Lipinski definition) is 4. The van der Waals surface area contributed by atoms with Crippen LogP contribution in [0.25, 0.3) is 11.4 Å². The molecule has 0 fully saturated rings. The highest BCUT2D eigenvalue weighted by Gasteiger charge is 2.06. The summed E-state index contributed by atoms with van der Waals surface area (Å²) in [7, 11) is 0. The number of rotatable bonds is 4. The van der Waals surface area contributed by atoms with Gasteiger partial charge in [-0.1, -0.05) is 30.3 Å². The van der Waals surface area contributed by atoms with Gasteiger partial charge in [-0.05, 0) is 24.6 Å². The Morgan fingerprint density at radius 1 is 0.952 bits per heavy atom. The lowest BCUT2D eigenvalue weighted by Crippen LogP contribution is -2.00. The first-order chi connectivity index (χ1) is 10.3. The molecule has 3 aromatic rings. The topological polar surface area (TPSA) is 47.9 Å². The van der Waals surface area contributed by atoms with Crippen LogP contribution in [-0.4, -0.2) is 15.0 Å². The number of ether oxygens (including phenoxy) is 1. The van der Waals surface area contributed by atoms with Gasteiger partial charge in [-0.25, -0.2) is 4.98 Å². The Labute approximate surface area is 123 Å². The third-order valence-electron chi connectivity index (χ3n) is 3.00. The number of aryl methyl sites for hydroxylation is 1. The molecule has 2 aromatic heterocycles. The molecule has 0 atom stereocenters. The zero-order valence-corrected chi connectivity index (χ0v) is 11.7. The molecule has 0 amide bonds. The van der Waals surface area contributed by atoms with Crippen molar-refractivity contribution in [1.29, 1.82) is 0 Å². The summed E-state index contributed by atoms with van der Waals surface area (Å²) in [5.74, 6) is 1.23. The van der Waals surface area contributed by atoms with Gasteiger partial charge in [-0.2, -0.15) is 4.98 Å². The molecular formula is C17H15N3O. The summed E-state index contributed by atoms with van der Waals surface area (Å²) in [5, 5.41) is 0. The van der Waals surface area contributed by atoms with E-state index in [1.807, 2.05) is 55.5 Å². The van der Waals surface area contributed by atoms with Gasteiger partial charge in [-0.3, -0.25) is 4.98 Å². The fourth-order valence-corrected chi connectivity index (χ4v) is 1.98. The fraction of sp³-hybridized carbons (Fsp3) is 0.118. The van der Waals surface area contributed by atoms with Crippen molar-refractivity contribution in [2.24, 2.45) is 0 Å². The quantitative estimate of drug-likeness (QED) is 0.733. The van der Waals surface area contributed by atoms with Gasteiger partial charge in [0.05, 0.1) is 0 Å². The summed E-state index contributed by atoms with van der Waals surface area (Å²) < 4.78 is 5.77. The number of benzene rings is 1. The molecule has 0 saturated carbocycles. The molecule has 0 aliphatic heterocycles. The maximum Gasteiger partial charge on any atom is 0.217 e. The van der Waals surface area contributed by atoms with E-state index in [2.05, 4.69) is 15.0 Å². The first kappa shape index (κ1) is 13.2. The number of aromatic nitrogens is 3. The molecule has 4 heteroatoms. The van der Waals surface area contributed by atoms with E-state index >= 15 is 0 Å². The van der Waals surface area contributed by atoms with E-state index in [0.717, 1.165) is 16.8 Å². The molecule has 0 bridgehead atoms. The molecule has 0 radical (unpaired) electrons. The van der Waals surface area contributed by atoms with Crippen molar-refractivity contribution in [3.8, 4) is 17.3 Å². The fourth-order valence-electron chi connectivity index (χ4n) is 1.98.